The van der Waals surface area contributed by atoms with Gasteiger partial charge >= 0.3 is 0 Å². The van der Waals surface area contributed by atoms with Gasteiger partial charge in [0.15, 0.2) is 0 Å². The summed E-state index contributed by atoms with van der Waals surface area (Å²) >= 11 is 0. The summed E-state index contributed by atoms with van der Waals surface area (Å²) < 4.78 is 0. The largest absolute Gasteiger partial charge is 0.350 e. The van der Waals surface area contributed by atoms with Crippen molar-refractivity contribution >= 4 is 5.91 Å². The Balaban J connectivity index is 2.01. The second kappa shape index (κ2) is 4.36. The molecule has 0 aromatic rings. The van der Waals surface area contributed by atoms with Gasteiger partial charge in [-0.2, -0.15) is 0 Å². The molecule has 0 aromatic heterocycles. The molecule has 16 heavy (non-hydrogen) atoms. The molecule has 1 saturated carbocycles. The third-order valence-electron chi connectivity index (χ3n) is 4.10. The van der Waals surface area contributed by atoms with Gasteiger partial charge in [-0.25, -0.2) is 0 Å². The van der Waals surface area contributed by atoms with E-state index >= 15 is 0 Å². The minimum absolute atomic E-state index is 0.120. The minimum atomic E-state index is -0.126. The third-order valence-corrected chi connectivity index (χ3v) is 4.10. The highest BCUT2D eigenvalue weighted by molar-refractivity contribution is 5.84. The lowest BCUT2D eigenvalue weighted by atomic mass is 9.76. The van der Waals surface area contributed by atoms with E-state index < -0.39 is 0 Å². The second-order valence-electron chi connectivity index (χ2n) is 5.83. The number of piperidine rings is 1. The lowest BCUT2D eigenvalue weighted by Crippen LogP contribution is -2.52. The lowest BCUT2D eigenvalue weighted by molar-refractivity contribution is -0.133. The molecule has 0 radical (unpaired) electrons. The van der Waals surface area contributed by atoms with Crippen molar-refractivity contribution in [2.75, 3.05) is 13.1 Å². The number of carbonyl (C=O) groups is 1. The highest BCUT2D eigenvalue weighted by Crippen LogP contribution is 2.38. The maximum absolute atomic E-state index is 12.4. The topological polar surface area (TPSA) is 41.1 Å². The van der Waals surface area contributed by atoms with Crippen LogP contribution in [0.5, 0.6) is 0 Å². The summed E-state index contributed by atoms with van der Waals surface area (Å²) in [5.41, 5.74) is -0.00608. The zero-order valence-electron chi connectivity index (χ0n) is 10.6. The SMILES string of the molecule is CCCC1(C(=O)NC2(C)CC2)CCCNC1. The third kappa shape index (κ3) is 2.40. The summed E-state index contributed by atoms with van der Waals surface area (Å²) in [4.78, 5) is 12.4. The monoisotopic (exact) mass is 224 g/mol. The summed E-state index contributed by atoms with van der Waals surface area (Å²) in [5, 5.41) is 6.63. The lowest BCUT2D eigenvalue weighted by Gasteiger charge is -2.37. The van der Waals surface area contributed by atoms with Crippen LogP contribution in [0, 0.1) is 5.41 Å². The Morgan fingerprint density at radius 1 is 1.38 bits per heavy atom. The Bertz CT molecular complexity index is 260. The van der Waals surface area contributed by atoms with E-state index in [2.05, 4.69) is 24.5 Å². The smallest absolute Gasteiger partial charge is 0.227 e. The van der Waals surface area contributed by atoms with Crippen molar-refractivity contribution in [3.05, 3.63) is 0 Å². The number of carbonyl (C=O) groups excluding carboxylic acids is 1. The molecule has 3 nitrogen and oxygen atoms in total. The molecule has 1 aliphatic carbocycles. The Morgan fingerprint density at radius 3 is 2.62 bits per heavy atom. The average molecular weight is 224 g/mol. The fourth-order valence-electron chi connectivity index (χ4n) is 2.69. The van der Waals surface area contributed by atoms with Crippen molar-refractivity contribution in [3.8, 4) is 0 Å². The summed E-state index contributed by atoms with van der Waals surface area (Å²) in [5.74, 6) is 0.293. The van der Waals surface area contributed by atoms with Gasteiger partial charge in [-0.15, -0.1) is 0 Å². The molecule has 2 N–H and O–H groups in total. The second-order valence-corrected chi connectivity index (χ2v) is 5.83. The average Bonchev–Trinajstić information content (AvgIpc) is 2.98. The van der Waals surface area contributed by atoms with Crippen LogP contribution in [0.1, 0.15) is 52.4 Å². The predicted molar refractivity (Wildman–Crippen MR) is 65.2 cm³/mol. The van der Waals surface area contributed by atoms with Crippen LogP contribution in [0.3, 0.4) is 0 Å². The molecule has 92 valence electrons. The Labute approximate surface area is 98.4 Å². The molecule has 1 heterocycles. The Morgan fingerprint density at radius 2 is 2.12 bits per heavy atom. The molecule has 1 unspecified atom stereocenters. The van der Waals surface area contributed by atoms with Crippen molar-refractivity contribution in [1.82, 2.24) is 10.6 Å². The molecular weight excluding hydrogens is 200 g/mol. The molecule has 2 rings (SSSR count). The van der Waals surface area contributed by atoms with Crippen LogP contribution >= 0.6 is 0 Å². The molecule has 1 saturated heterocycles. The van der Waals surface area contributed by atoms with Crippen LogP contribution < -0.4 is 10.6 Å². The van der Waals surface area contributed by atoms with E-state index in [-0.39, 0.29) is 11.0 Å². The molecule has 2 aliphatic rings. The highest BCUT2D eigenvalue weighted by Gasteiger charge is 2.45. The summed E-state index contributed by atoms with van der Waals surface area (Å²) in [6.07, 6.45) is 6.58. The molecule has 2 fully saturated rings. The Kier molecular flexibility index (Phi) is 3.24. The van der Waals surface area contributed by atoms with Crippen LogP contribution in [0.25, 0.3) is 0 Å². The summed E-state index contributed by atoms with van der Waals surface area (Å²) in [7, 11) is 0. The van der Waals surface area contributed by atoms with Gasteiger partial charge in [-0.3, -0.25) is 4.79 Å². The molecule has 0 bridgehead atoms. The van der Waals surface area contributed by atoms with Gasteiger partial charge in [0, 0.05) is 12.1 Å². The normalized spacial score (nSPS) is 32.1. The van der Waals surface area contributed by atoms with Crippen LogP contribution in [-0.2, 0) is 4.79 Å². The number of hydrogen-bond acceptors (Lipinski definition) is 2. The number of rotatable bonds is 4. The number of amides is 1. The minimum Gasteiger partial charge on any atom is -0.350 e. The van der Waals surface area contributed by atoms with Crippen molar-refractivity contribution in [1.29, 1.82) is 0 Å². The fraction of sp³-hybridized carbons (Fsp3) is 0.923. The Hall–Kier alpha value is -0.570. The van der Waals surface area contributed by atoms with Crippen molar-refractivity contribution < 1.29 is 4.79 Å². The molecule has 1 atom stereocenters. The van der Waals surface area contributed by atoms with Crippen molar-refractivity contribution in [2.45, 2.75) is 57.9 Å². The maximum Gasteiger partial charge on any atom is 0.227 e. The predicted octanol–water partition coefficient (Wildman–Crippen LogP) is 1.82. The van der Waals surface area contributed by atoms with E-state index in [1.807, 2.05) is 0 Å². The van der Waals surface area contributed by atoms with Crippen LogP contribution in [0.4, 0.5) is 0 Å². The fourth-order valence-corrected chi connectivity index (χ4v) is 2.69. The molecule has 0 aromatic carbocycles. The van der Waals surface area contributed by atoms with Gasteiger partial charge in [0.05, 0.1) is 5.41 Å². The van der Waals surface area contributed by atoms with Crippen molar-refractivity contribution in [3.63, 3.8) is 0 Å². The molecular formula is C13H24N2O. The van der Waals surface area contributed by atoms with Crippen LogP contribution in [-0.4, -0.2) is 24.5 Å². The standard InChI is InChI=1S/C13H24N2O/c1-3-5-13(6-4-9-14-10-13)11(16)15-12(2)7-8-12/h14H,3-10H2,1-2H3,(H,15,16). The van der Waals surface area contributed by atoms with Gasteiger partial charge in [-0.1, -0.05) is 13.3 Å². The van der Waals surface area contributed by atoms with E-state index in [9.17, 15) is 4.79 Å². The quantitative estimate of drug-likeness (QED) is 0.765. The van der Waals surface area contributed by atoms with Gasteiger partial charge in [0.1, 0.15) is 0 Å². The molecule has 1 amide bonds. The van der Waals surface area contributed by atoms with Crippen LogP contribution in [0.15, 0.2) is 0 Å². The van der Waals surface area contributed by atoms with E-state index in [0.717, 1.165) is 51.6 Å². The first-order valence-electron chi connectivity index (χ1n) is 6.64. The molecule has 1 aliphatic heterocycles. The van der Waals surface area contributed by atoms with E-state index in [0.29, 0.717) is 5.91 Å². The van der Waals surface area contributed by atoms with E-state index in [4.69, 9.17) is 0 Å². The van der Waals surface area contributed by atoms with Crippen LogP contribution in [0.2, 0.25) is 0 Å². The number of nitrogens with one attached hydrogen (secondary N) is 2. The van der Waals surface area contributed by atoms with E-state index in [1.54, 1.807) is 0 Å². The zero-order chi connectivity index (χ0) is 11.6. The van der Waals surface area contributed by atoms with Crippen molar-refractivity contribution in [2.24, 2.45) is 5.41 Å². The van der Waals surface area contributed by atoms with Gasteiger partial charge in [0.25, 0.3) is 0 Å². The summed E-state index contributed by atoms with van der Waals surface area (Å²) in [6, 6.07) is 0. The zero-order valence-corrected chi connectivity index (χ0v) is 10.6. The first-order chi connectivity index (χ1) is 7.60. The molecule has 0 spiro atoms. The first kappa shape index (κ1) is 11.9. The summed E-state index contributed by atoms with van der Waals surface area (Å²) in [6.45, 7) is 6.25. The maximum atomic E-state index is 12.4. The molecule has 3 heteroatoms. The van der Waals surface area contributed by atoms with Gasteiger partial charge in [0.2, 0.25) is 5.91 Å². The van der Waals surface area contributed by atoms with Gasteiger partial charge in [-0.05, 0) is 45.6 Å². The first-order valence-corrected chi connectivity index (χ1v) is 6.64. The van der Waals surface area contributed by atoms with Gasteiger partial charge < -0.3 is 10.6 Å². The number of hydrogen-bond donors (Lipinski definition) is 2. The van der Waals surface area contributed by atoms with E-state index in [1.165, 1.54) is 0 Å². The highest BCUT2D eigenvalue weighted by atomic mass is 16.2.